The molecule has 1 N–H and O–H groups in total. The van der Waals surface area contributed by atoms with Crippen LogP contribution in [0, 0.1) is 26.7 Å². The van der Waals surface area contributed by atoms with Crippen molar-refractivity contribution in [3.63, 3.8) is 0 Å². The van der Waals surface area contributed by atoms with Gasteiger partial charge in [-0.3, -0.25) is 19.1 Å². The van der Waals surface area contributed by atoms with Crippen LogP contribution in [0.15, 0.2) is 24.3 Å². The molecule has 0 atom stereocenters. The third-order valence-corrected chi connectivity index (χ3v) is 5.35. The molecule has 2 aromatic rings. The largest absolute Gasteiger partial charge is 0.455 e. The summed E-state index contributed by atoms with van der Waals surface area (Å²) in [4.78, 5) is 39.0. The van der Waals surface area contributed by atoms with E-state index in [1.807, 2.05) is 56.6 Å². The van der Waals surface area contributed by atoms with Crippen LogP contribution in [0.5, 0.6) is 0 Å². The quantitative estimate of drug-likeness (QED) is 0.523. The smallest absolute Gasteiger partial charge is 0.310 e. The Balaban J connectivity index is 1.92. The molecule has 8 nitrogen and oxygen atoms in total. The predicted molar refractivity (Wildman–Crippen MR) is 128 cm³/mol. The molecular formula is C25H36N4O4. The predicted octanol–water partition coefficient (Wildman–Crippen LogP) is 3.43. The third kappa shape index (κ3) is 7.73. The molecule has 0 aliphatic heterocycles. The van der Waals surface area contributed by atoms with E-state index in [4.69, 9.17) is 4.74 Å². The molecule has 1 heterocycles. The van der Waals surface area contributed by atoms with E-state index >= 15 is 0 Å². The van der Waals surface area contributed by atoms with Gasteiger partial charge in [0.2, 0.25) is 5.91 Å². The number of para-hydroxylation sites is 1. The average molecular weight is 457 g/mol. The number of amides is 2. The molecule has 8 heteroatoms. The number of esters is 1. The number of anilines is 1. The van der Waals surface area contributed by atoms with E-state index in [-0.39, 0.29) is 18.9 Å². The zero-order valence-corrected chi connectivity index (χ0v) is 20.6. The minimum Gasteiger partial charge on any atom is -0.455 e. The summed E-state index contributed by atoms with van der Waals surface area (Å²) in [6.45, 7) is 12.5. The number of nitrogens with zero attached hydrogens (tertiary/aromatic N) is 3. The van der Waals surface area contributed by atoms with E-state index in [0.717, 1.165) is 29.1 Å². The van der Waals surface area contributed by atoms with Crippen LogP contribution in [0.3, 0.4) is 0 Å². The summed E-state index contributed by atoms with van der Waals surface area (Å²) in [7, 11) is 0. The molecule has 33 heavy (non-hydrogen) atoms. The van der Waals surface area contributed by atoms with E-state index in [0.29, 0.717) is 24.6 Å². The number of benzene rings is 1. The number of hydrogen-bond acceptors (Lipinski definition) is 5. The van der Waals surface area contributed by atoms with Crippen molar-refractivity contribution >= 4 is 23.5 Å². The van der Waals surface area contributed by atoms with Crippen molar-refractivity contribution in [2.75, 3.05) is 25.0 Å². The molecular weight excluding hydrogens is 420 g/mol. The molecule has 0 saturated carbocycles. The zero-order valence-electron chi connectivity index (χ0n) is 20.6. The fourth-order valence-corrected chi connectivity index (χ4v) is 3.58. The summed E-state index contributed by atoms with van der Waals surface area (Å²) in [5, 5.41) is 7.34. The van der Waals surface area contributed by atoms with Gasteiger partial charge in [-0.15, -0.1) is 0 Å². The molecule has 1 aromatic heterocycles. The lowest BCUT2D eigenvalue weighted by Crippen LogP contribution is -2.41. The van der Waals surface area contributed by atoms with Gasteiger partial charge < -0.3 is 15.0 Å². The van der Waals surface area contributed by atoms with Gasteiger partial charge in [-0.05, 0) is 44.7 Å². The Kier molecular flexibility index (Phi) is 9.63. The molecule has 0 aliphatic rings. The van der Waals surface area contributed by atoms with Crippen LogP contribution in [0.4, 0.5) is 5.69 Å². The van der Waals surface area contributed by atoms with Crippen LogP contribution in [0.1, 0.15) is 49.7 Å². The maximum absolute atomic E-state index is 12.7. The topological polar surface area (TPSA) is 93.5 Å². The van der Waals surface area contributed by atoms with Crippen molar-refractivity contribution in [3.05, 3.63) is 46.8 Å². The van der Waals surface area contributed by atoms with Crippen molar-refractivity contribution in [3.8, 4) is 0 Å². The number of ether oxygens (including phenoxy) is 1. The van der Waals surface area contributed by atoms with Gasteiger partial charge >= 0.3 is 5.97 Å². The number of aryl methyl sites for hydroxylation is 2. The van der Waals surface area contributed by atoms with E-state index < -0.39 is 18.5 Å². The molecule has 0 bridgehead atoms. The summed E-state index contributed by atoms with van der Waals surface area (Å²) in [6, 6.07) is 7.45. The second-order valence-electron chi connectivity index (χ2n) is 8.74. The molecule has 0 saturated heterocycles. The lowest BCUT2D eigenvalue weighted by Gasteiger charge is -2.21. The Hall–Kier alpha value is -3.16. The number of nitrogens with one attached hydrogen (secondary N) is 1. The van der Waals surface area contributed by atoms with Crippen LogP contribution in [0.25, 0.3) is 0 Å². The minimum absolute atomic E-state index is 0.0601. The number of carbonyl (C=O) groups excluding carboxylic acids is 3. The highest BCUT2D eigenvalue weighted by Crippen LogP contribution is 2.16. The summed E-state index contributed by atoms with van der Waals surface area (Å²) >= 11 is 0. The lowest BCUT2D eigenvalue weighted by atomic mass is 10.1. The Bertz CT molecular complexity index is 981. The first kappa shape index (κ1) is 26.1. The van der Waals surface area contributed by atoms with Gasteiger partial charge in [0.05, 0.1) is 18.7 Å². The molecule has 2 rings (SSSR count). The van der Waals surface area contributed by atoms with Crippen molar-refractivity contribution in [2.45, 2.75) is 60.9 Å². The van der Waals surface area contributed by atoms with Crippen molar-refractivity contribution in [2.24, 2.45) is 5.92 Å². The fourth-order valence-electron chi connectivity index (χ4n) is 3.58. The van der Waals surface area contributed by atoms with Crippen molar-refractivity contribution < 1.29 is 19.1 Å². The highest BCUT2D eigenvalue weighted by molar-refractivity contribution is 5.95. The first-order valence-electron chi connectivity index (χ1n) is 11.4. The Morgan fingerprint density at radius 1 is 1.15 bits per heavy atom. The van der Waals surface area contributed by atoms with Crippen LogP contribution in [-0.4, -0.2) is 52.2 Å². The second kappa shape index (κ2) is 12.2. The zero-order chi connectivity index (χ0) is 24.5. The maximum atomic E-state index is 12.7. The van der Waals surface area contributed by atoms with Crippen molar-refractivity contribution in [1.29, 1.82) is 0 Å². The highest BCUT2D eigenvalue weighted by atomic mass is 16.5. The standard InChI is InChI=1S/C25H36N4O4/c1-7-12-28(15-23(30)26-22-11-9-8-10-18(22)4)24(31)16-33-25(32)13-21-19(5)27-29(20(21)6)14-17(2)3/h8-11,17H,7,12-16H2,1-6H3,(H,26,30). The second-order valence-corrected chi connectivity index (χ2v) is 8.74. The normalized spacial score (nSPS) is 10.9. The number of carbonyl (C=O) groups is 3. The van der Waals surface area contributed by atoms with Gasteiger partial charge in [-0.2, -0.15) is 5.10 Å². The molecule has 2 amide bonds. The Morgan fingerprint density at radius 2 is 1.85 bits per heavy atom. The van der Waals surface area contributed by atoms with Crippen LogP contribution in [0.2, 0.25) is 0 Å². The summed E-state index contributed by atoms with van der Waals surface area (Å²) in [5.41, 5.74) is 4.20. The van der Waals surface area contributed by atoms with Gasteiger partial charge in [0, 0.05) is 30.0 Å². The third-order valence-electron chi connectivity index (χ3n) is 5.35. The van der Waals surface area contributed by atoms with Gasteiger partial charge in [0.1, 0.15) is 0 Å². The molecule has 180 valence electrons. The first-order valence-corrected chi connectivity index (χ1v) is 11.4. The lowest BCUT2D eigenvalue weighted by molar-refractivity contribution is -0.151. The monoisotopic (exact) mass is 456 g/mol. The Morgan fingerprint density at radius 3 is 2.48 bits per heavy atom. The number of rotatable bonds is 11. The highest BCUT2D eigenvalue weighted by Gasteiger charge is 2.21. The molecule has 0 unspecified atom stereocenters. The average Bonchev–Trinajstić information content (AvgIpc) is 3.00. The molecule has 1 aromatic carbocycles. The van der Waals surface area contributed by atoms with E-state index in [1.165, 1.54) is 4.90 Å². The number of aromatic nitrogens is 2. The van der Waals surface area contributed by atoms with Crippen LogP contribution < -0.4 is 5.32 Å². The van der Waals surface area contributed by atoms with Gasteiger partial charge in [0.25, 0.3) is 5.91 Å². The number of hydrogen-bond donors (Lipinski definition) is 1. The molecule has 0 fully saturated rings. The molecule has 0 spiro atoms. The maximum Gasteiger partial charge on any atom is 0.310 e. The fraction of sp³-hybridized carbons (Fsp3) is 0.520. The van der Waals surface area contributed by atoms with Gasteiger partial charge in [-0.25, -0.2) is 0 Å². The van der Waals surface area contributed by atoms with Crippen LogP contribution in [-0.2, 0) is 32.1 Å². The first-order chi connectivity index (χ1) is 15.6. The Labute approximate surface area is 196 Å². The van der Waals surface area contributed by atoms with E-state index in [9.17, 15) is 14.4 Å². The summed E-state index contributed by atoms with van der Waals surface area (Å²) in [5.74, 6) is -0.734. The van der Waals surface area contributed by atoms with Crippen LogP contribution >= 0.6 is 0 Å². The molecule has 0 radical (unpaired) electrons. The van der Waals surface area contributed by atoms with Gasteiger partial charge in [0.15, 0.2) is 6.61 Å². The SMILES string of the molecule is CCCN(CC(=O)Nc1ccccc1C)C(=O)COC(=O)Cc1c(C)nn(CC(C)C)c1C. The van der Waals surface area contributed by atoms with Gasteiger partial charge in [-0.1, -0.05) is 39.0 Å². The summed E-state index contributed by atoms with van der Waals surface area (Å²) < 4.78 is 7.16. The summed E-state index contributed by atoms with van der Waals surface area (Å²) in [6.07, 6.45) is 0.745. The molecule has 0 aliphatic carbocycles. The van der Waals surface area contributed by atoms with E-state index in [2.05, 4.69) is 24.3 Å². The van der Waals surface area contributed by atoms with Crippen molar-refractivity contribution in [1.82, 2.24) is 14.7 Å². The van der Waals surface area contributed by atoms with E-state index in [1.54, 1.807) is 0 Å². The minimum atomic E-state index is -0.487.